The summed E-state index contributed by atoms with van der Waals surface area (Å²) in [6.07, 6.45) is 3.77. The lowest BCUT2D eigenvalue weighted by Gasteiger charge is -2.32. The molecule has 1 heterocycles. The summed E-state index contributed by atoms with van der Waals surface area (Å²) < 4.78 is 10.3. The summed E-state index contributed by atoms with van der Waals surface area (Å²) in [5.41, 5.74) is 2.44. The number of aryl methyl sites for hydroxylation is 1. The van der Waals surface area contributed by atoms with Gasteiger partial charge in [-0.2, -0.15) is 0 Å². The van der Waals surface area contributed by atoms with Crippen LogP contribution in [-0.2, 0) is 29.0 Å². The molecular formula is C18H20N2O5. The van der Waals surface area contributed by atoms with Crippen molar-refractivity contribution in [2.24, 2.45) is 0 Å². The lowest BCUT2D eigenvalue weighted by molar-refractivity contribution is -0.137. The molecule has 1 unspecified atom stereocenters. The van der Waals surface area contributed by atoms with Crippen LogP contribution in [0.5, 0.6) is 0 Å². The number of rotatable bonds is 6. The minimum Gasteiger partial charge on any atom is -0.476 e. The Labute approximate surface area is 145 Å². The quantitative estimate of drug-likeness (QED) is 0.860. The van der Waals surface area contributed by atoms with E-state index in [0.717, 1.165) is 25.7 Å². The molecule has 1 N–H and O–H groups in total. The Kier molecular flexibility index (Phi) is 5.14. The van der Waals surface area contributed by atoms with E-state index in [2.05, 4.69) is 17.1 Å². The predicted molar refractivity (Wildman–Crippen MR) is 88.1 cm³/mol. The molecule has 7 heteroatoms. The number of hydrogen-bond donors (Lipinski definition) is 1. The van der Waals surface area contributed by atoms with Crippen molar-refractivity contribution in [3.05, 3.63) is 53.2 Å². The van der Waals surface area contributed by atoms with Gasteiger partial charge in [-0.05, 0) is 30.4 Å². The summed E-state index contributed by atoms with van der Waals surface area (Å²) in [6.45, 7) is -0.233. The molecule has 0 radical (unpaired) electrons. The second-order valence-corrected chi connectivity index (χ2v) is 6.09. The van der Waals surface area contributed by atoms with E-state index in [1.807, 2.05) is 12.1 Å². The smallest absolute Gasteiger partial charge is 0.358 e. The van der Waals surface area contributed by atoms with Crippen molar-refractivity contribution >= 4 is 11.9 Å². The van der Waals surface area contributed by atoms with Gasteiger partial charge in [0.1, 0.15) is 13.2 Å². The van der Waals surface area contributed by atoms with Gasteiger partial charge in [0.2, 0.25) is 5.91 Å². The third-order valence-electron chi connectivity index (χ3n) is 4.56. The van der Waals surface area contributed by atoms with Crippen molar-refractivity contribution in [3.63, 3.8) is 0 Å². The van der Waals surface area contributed by atoms with E-state index in [0.29, 0.717) is 0 Å². The molecule has 1 aliphatic carbocycles. The molecule has 1 aliphatic rings. The number of fused-ring (bicyclic) bond motifs is 1. The highest BCUT2D eigenvalue weighted by Crippen LogP contribution is 2.24. The molecule has 0 fully saturated rings. The number of aromatic nitrogens is 1. The maximum atomic E-state index is 12.3. The van der Waals surface area contributed by atoms with Gasteiger partial charge in [0.15, 0.2) is 17.8 Å². The maximum Gasteiger partial charge on any atom is 0.358 e. The van der Waals surface area contributed by atoms with Crippen LogP contribution in [0.15, 0.2) is 35.1 Å². The molecule has 1 aromatic carbocycles. The van der Waals surface area contributed by atoms with Crippen LogP contribution in [0.4, 0.5) is 0 Å². The minimum absolute atomic E-state index is 0.102. The lowest BCUT2D eigenvalue weighted by Crippen LogP contribution is -2.42. The lowest BCUT2D eigenvalue weighted by atomic mass is 9.87. The summed E-state index contributed by atoms with van der Waals surface area (Å²) in [7, 11) is 1.78. The van der Waals surface area contributed by atoms with Crippen molar-refractivity contribution in [1.82, 2.24) is 9.88 Å². The number of carbonyl (C=O) groups excluding carboxylic acids is 1. The predicted octanol–water partition coefficient (Wildman–Crippen LogP) is 1.91. The molecule has 1 aromatic heterocycles. The third-order valence-corrected chi connectivity index (χ3v) is 4.56. The Morgan fingerprint density at radius 3 is 2.88 bits per heavy atom. The van der Waals surface area contributed by atoms with E-state index >= 15 is 0 Å². The fourth-order valence-electron chi connectivity index (χ4n) is 3.09. The molecule has 2 aromatic rings. The summed E-state index contributed by atoms with van der Waals surface area (Å²) in [4.78, 5) is 28.6. The number of benzene rings is 1. The van der Waals surface area contributed by atoms with Gasteiger partial charge in [-0.3, -0.25) is 4.79 Å². The first kappa shape index (κ1) is 17.2. The molecule has 0 aliphatic heterocycles. The summed E-state index contributed by atoms with van der Waals surface area (Å²) in [6, 6.07) is 8.44. The molecule has 132 valence electrons. The SMILES string of the molecule is CN(C(=O)COCc1ocnc1C(=O)O)C1CCc2ccccc2C1. The number of ether oxygens (including phenoxy) is 1. The van der Waals surface area contributed by atoms with E-state index in [1.165, 1.54) is 11.1 Å². The van der Waals surface area contributed by atoms with Crippen molar-refractivity contribution in [2.45, 2.75) is 31.9 Å². The minimum atomic E-state index is -1.18. The highest BCUT2D eigenvalue weighted by atomic mass is 16.5. The Balaban J connectivity index is 1.51. The molecule has 3 rings (SSSR count). The summed E-state index contributed by atoms with van der Waals surface area (Å²) in [5.74, 6) is -1.22. The molecule has 0 saturated heterocycles. The zero-order chi connectivity index (χ0) is 17.8. The van der Waals surface area contributed by atoms with E-state index in [-0.39, 0.29) is 36.6 Å². The standard InChI is InChI=1S/C18H20N2O5/c1-20(14-7-6-12-4-2-3-5-13(12)8-14)16(21)10-24-9-15-17(18(22)23)19-11-25-15/h2-5,11,14H,6-10H2,1H3,(H,22,23). The number of carbonyl (C=O) groups is 2. The summed E-state index contributed by atoms with van der Waals surface area (Å²) >= 11 is 0. The highest BCUT2D eigenvalue weighted by Gasteiger charge is 2.25. The Hall–Kier alpha value is -2.67. The number of oxazole rings is 1. The van der Waals surface area contributed by atoms with Gasteiger partial charge in [0.05, 0.1) is 0 Å². The van der Waals surface area contributed by atoms with Crippen LogP contribution in [0, 0.1) is 0 Å². The van der Waals surface area contributed by atoms with Crippen molar-refractivity contribution < 1.29 is 23.8 Å². The maximum absolute atomic E-state index is 12.3. The topological polar surface area (TPSA) is 92.9 Å². The average Bonchev–Trinajstić information content (AvgIpc) is 3.09. The number of amides is 1. The van der Waals surface area contributed by atoms with Gasteiger partial charge in [-0.1, -0.05) is 24.3 Å². The van der Waals surface area contributed by atoms with Gasteiger partial charge in [-0.25, -0.2) is 9.78 Å². The van der Waals surface area contributed by atoms with Gasteiger partial charge >= 0.3 is 5.97 Å². The molecule has 0 bridgehead atoms. The fraction of sp³-hybridized carbons (Fsp3) is 0.389. The molecule has 0 saturated carbocycles. The first-order valence-corrected chi connectivity index (χ1v) is 8.12. The third kappa shape index (κ3) is 3.88. The van der Waals surface area contributed by atoms with Crippen molar-refractivity contribution in [3.8, 4) is 0 Å². The van der Waals surface area contributed by atoms with Crippen LogP contribution >= 0.6 is 0 Å². The van der Waals surface area contributed by atoms with E-state index in [9.17, 15) is 9.59 Å². The van der Waals surface area contributed by atoms with Crippen LogP contribution in [0.2, 0.25) is 0 Å². The van der Waals surface area contributed by atoms with Crippen LogP contribution in [0.3, 0.4) is 0 Å². The molecule has 0 spiro atoms. The molecule has 1 atom stereocenters. The Bertz CT molecular complexity index is 770. The first-order valence-electron chi connectivity index (χ1n) is 8.12. The number of nitrogens with zero attached hydrogens (tertiary/aromatic N) is 2. The van der Waals surface area contributed by atoms with Crippen LogP contribution in [0.1, 0.15) is 33.8 Å². The number of likely N-dealkylation sites (N-methyl/N-ethyl adjacent to an activating group) is 1. The van der Waals surface area contributed by atoms with Crippen LogP contribution in [0.25, 0.3) is 0 Å². The molecular weight excluding hydrogens is 324 g/mol. The highest BCUT2D eigenvalue weighted by molar-refractivity contribution is 5.86. The van der Waals surface area contributed by atoms with Crippen molar-refractivity contribution in [1.29, 1.82) is 0 Å². The van der Waals surface area contributed by atoms with Gasteiger partial charge in [0, 0.05) is 13.1 Å². The molecule has 25 heavy (non-hydrogen) atoms. The first-order chi connectivity index (χ1) is 12.1. The number of hydrogen-bond acceptors (Lipinski definition) is 5. The zero-order valence-electron chi connectivity index (χ0n) is 14.0. The van der Waals surface area contributed by atoms with E-state index in [1.54, 1.807) is 11.9 Å². The largest absolute Gasteiger partial charge is 0.476 e. The number of carboxylic acids is 1. The monoisotopic (exact) mass is 344 g/mol. The van der Waals surface area contributed by atoms with Gasteiger partial charge in [-0.15, -0.1) is 0 Å². The fourth-order valence-corrected chi connectivity index (χ4v) is 3.09. The average molecular weight is 344 g/mol. The van der Waals surface area contributed by atoms with E-state index < -0.39 is 5.97 Å². The Morgan fingerprint density at radius 2 is 2.12 bits per heavy atom. The number of carboxylic acid groups (broad SMARTS) is 1. The van der Waals surface area contributed by atoms with Gasteiger partial charge in [0.25, 0.3) is 0 Å². The van der Waals surface area contributed by atoms with Crippen molar-refractivity contribution in [2.75, 3.05) is 13.7 Å². The molecule has 1 amide bonds. The second kappa shape index (κ2) is 7.48. The molecule has 7 nitrogen and oxygen atoms in total. The Morgan fingerprint density at radius 1 is 1.36 bits per heavy atom. The van der Waals surface area contributed by atoms with E-state index in [4.69, 9.17) is 14.3 Å². The summed E-state index contributed by atoms with van der Waals surface area (Å²) in [5, 5.41) is 8.95. The second-order valence-electron chi connectivity index (χ2n) is 6.09. The van der Waals surface area contributed by atoms with Gasteiger partial charge < -0.3 is 19.2 Å². The zero-order valence-corrected chi connectivity index (χ0v) is 14.0. The number of aromatic carboxylic acids is 1. The van der Waals surface area contributed by atoms with Crippen LogP contribution in [-0.4, -0.2) is 46.6 Å². The van der Waals surface area contributed by atoms with Crippen LogP contribution < -0.4 is 0 Å². The normalized spacial score (nSPS) is 16.3.